The molecule has 1 aromatic heterocycles. The van der Waals surface area contributed by atoms with Gasteiger partial charge in [-0.15, -0.1) is 11.3 Å². The molecule has 20 heavy (non-hydrogen) atoms. The van der Waals surface area contributed by atoms with Crippen molar-refractivity contribution in [1.29, 1.82) is 0 Å². The topological polar surface area (TPSA) is 66.4 Å². The molecule has 0 unspecified atom stereocenters. The maximum absolute atomic E-state index is 11.9. The number of carboxylic acid groups (broad SMARTS) is 1. The van der Waals surface area contributed by atoms with Crippen LogP contribution in [0, 0.1) is 6.92 Å². The van der Waals surface area contributed by atoms with Crippen molar-refractivity contribution in [3.63, 3.8) is 0 Å². The Labute approximate surface area is 121 Å². The number of benzene rings is 1. The smallest absolute Gasteiger partial charge is 0.337 e. The molecule has 4 nitrogen and oxygen atoms in total. The minimum absolute atomic E-state index is 0.120. The van der Waals surface area contributed by atoms with E-state index < -0.39 is 5.97 Å². The second-order valence-electron chi connectivity index (χ2n) is 4.48. The average Bonchev–Trinajstić information content (AvgIpc) is 2.91. The summed E-state index contributed by atoms with van der Waals surface area (Å²) in [7, 11) is 0. The predicted octanol–water partition coefficient (Wildman–Crippen LogP) is 3.33. The van der Waals surface area contributed by atoms with Gasteiger partial charge in [0.15, 0.2) is 0 Å². The van der Waals surface area contributed by atoms with Crippen LogP contribution in [-0.2, 0) is 11.2 Å². The number of aromatic carboxylic acids is 1. The van der Waals surface area contributed by atoms with Crippen LogP contribution in [0.15, 0.2) is 35.7 Å². The minimum atomic E-state index is -1.04. The Morgan fingerprint density at radius 2 is 2.10 bits per heavy atom. The average molecular weight is 289 g/mol. The summed E-state index contributed by atoms with van der Waals surface area (Å²) >= 11 is 1.61. The summed E-state index contributed by atoms with van der Waals surface area (Å²) in [5.74, 6) is -1.22. The zero-order valence-corrected chi connectivity index (χ0v) is 11.9. The van der Waals surface area contributed by atoms with E-state index in [1.165, 1.54) is 0 Å². The van der Waals surface area contributed by atoms with E-state index in [-0.39, 0.29) is 11.5 Å². The van der Waals surface area contributed by atoms with Crippen molar-refractivity contribution in [3.8, 4) is 0 Å². The molecule has 0 bridgehead atoms. The van der Waals surface area contributed by atoms with Crippen LogP contribution in [-0.4, -0.2) is 17.0 Å². The van der Waals surface area contributed by atoms with Crippen LogP contribution in [0.5, 0.6) is 0 Å². The van der Waals surface area contributed by atoms with Gasteiger partial charge < -0.3 is 10.4 Å². The molecule has 0 saturated carbocycles. The van der Waals surface area contributed by atoms with E-state index in [1.807, 2.05) is 24.4 Å². The molecule has 2 aromatic rings. The number of carbonyl (C=O) groups is 2. The number of hydrogen-bond donors (Lipinski definition) is 2. The Balaban J connectivity index is 2.02. The second-order valence-corrected chi connectivity index (χ2v) is 5.51. The maximum Gasteiger partial charge on any atom is 0.337 e. The molecule has 5 heteroatoms. The number of hydrogen-bond acceptors (Lipinski definition) is 3. The highest BCUT2D eigenvalue weighted by atomic mass is 32.1. The van der Waals surface area contributed by atoms with Crippen molar-refractivity contribution < 1.29 is 14.7 Å². The van der Waals surface area contributed by atoms with Gasteiger partial charge in [0.2, 0.25) is 5.91 Å². The Morgan fingerprint density at radius 3 is 2.75 bits per heavy atom. The first-order chi connectivity index (χ1) is 9.56. The van der Waals surface area contributed by atoms with Gasteiger partial charge in [-0.05, 0) is 36.9 Å². The summed E-state index contributed by atoms with van der Waals surface area (Å²) in [6.45, 7) is 1.81. The van der Waals surface area contributed by atoms with Crippen LogP contribution in [0.3, 0.4) is 0 Å². The van der Waals surface area contributed by atoms with Crippen LogP contribution in [0.25, 0.3) is 0 Å². The van der Waals surface area contributed by atoms with Crippen molar-refractivity contribution in [2.45, 2.75) is 19.8 Å². The molecule has 2 N–H and O–H groups in total. The lowest BCUT2D eigenvalue weighted by Gasteiger charge is -2.09. The highest BCUT2D eigenvalue weighted by Gasteiger charge is 2.12. The highest BCUT2D eigenvalue weighted by Crippen LogP contribution is 2.18. The fourth-order valence-corrected chi connectivity index (χ4v) is 2.56. The monoisotopic (exact) mass is 289 g/mol. The van der Waals surface area contributed by atoms with E-state index in [4.69, 9.17) is 5.11 Å². The number of carbonyl (C=O) groups excluding carboxylic acids is 1. The summed E-state index contributed by atoms with van der Waals surface area (Å²) in [6, 6.07) is 8.88. The molecule has 1 amide bonds. The number of carboxylic acids is 1. The van der Waals surface area contributed by atoms with E-state index in [0.717, 1.165) is 10.4 Å². The normalized spacial score (nSPS) is 10.2. The van der Waals surface area contributed by atoms with E-state index in [0.29, 0.717) is 18.5 Å². The summed E-state index contributed by atoms with van der Waals surface area (Å²) in [5, 5.41) is 13.8. The third-order valence-corrected chi connectivity index (χ3v) is 3.79. The van der Waals surface area contributed by atoms with Gasteiger partial charge in [-0.25, -0.2) is 4.79 Å². The molecule has 1 heterocycles. The van der Waals surface area contributed by atoms with E-state index in [2.05, 4.69) is 5.32 Å². The van der Waals surface area contributed by atoms with Crippen LogP contribution in [0.4, 0.5) is 5.69 Å². The number of amides is 1. The minimum Gasteiger partial charge on any atom is -0.478 e. The molecule has 0 spiro atoms. The SMILES string of the molecule is Cc1ccc(NC(=O)CCc2cccs2)c(C(=O)O)c1. The van der Waals surface area contributed by atoms with Crippen LogP contribution < -0.4 is 5.32 Å². The summed E-state index contributed by atoms with van der Waals surface area (Å²) in [5.41, 5.74) is 1.31. The van der Waals surface area contributed by atoms with Crippen molar-refractivity contribution in [1.82, 2.24) is 0 Å². The standard InChI is InChI=1S/C15H15NO3S/c1-10-4-6-13(12(9-10)15(18)19)16-14(17)7-5-11-3-2-8-20-11/h2-4,6,8-9H,5,7H2,1H3,(H,16,17)(H,18,19). The molecular weight excluding hydrogens is 274 g/mol. The van der Waals surface area contributed by atoms with Crippen molar-refractivity contribution >= 4 is 28.9 Å². The number of rotatable bonds is 5. The number of anilines is 1. The van der Waals surface area contributed by atoms with Crippen LogP contribution in [0.1, 0.15) is 27.2 Å². The summed E-state index contributed by atoms with van der Waals surface area (Å²) < 4.78 is 0. The third-order valence-electron chi connectivity index (χ3n) is 2.86. The molecule has 2 rings (SSSR count). The number of thiophene rings is 1. The first-order valence-electron chi connectivity index (χ1n) is 6.22. The highest BCUT2D eigenvalue weighted by molar-refractivity contribution is 7.09. The van der Waals surface area contributed by atoms with Gasteiger partial charge in [0, 0.05) is 11.3 Å². The molecule has 0 radical (unpaired) electrons. The third kappa shape index (κ3) is 3.68. The molecule has 0 aliphatic carbocycles. The maximum atomic E-state index is 11.9. The Hall–Kier alpha value is -2.14. The van der Waals surface area contributed by atoms with E-state index >= 15 is 0 Å². The van der Waals surface area contributed by atoms with Crippen molar-refractivity contribution in [3.05, 3.63) is 51.7 Å². The Bertz CT molecular complexity index is 620. The quantitative estimate of drug-likeness (QED) is 0.887. The molecule has 1 aromatic carbocycles. The van der Waals surface area contributed by atoms with Crippen molar-refractivity contribution in [2.75, 3.05) is 5.32 Å². The molecule has 0 aliphatic heterocycles. The fraction of sp³-hybridized carbons (Fsp3) is 0.200. The lowest BCUT2D eigenvalue weighted by molar-refractivity contribution is -0.116. The lowest BCUT2D eigenvalue weighted by Crippen LogP contribution is -2.15. The largest absolute Gasteiger partial charge is 0.478 e. The fourth-order valence-electron chi connectivity index (χ4n) is 1.85. The van der Waals surface area contributed by atoms with Gasteiger partial charge in [0.25, 0.3) is 0 Å². The molecule has 0 aliphatic rings. The molecule has 0 saturated heterocycles. The summed E-state index contributed by atoms with van der Waals surface area (Å²) in [4.78, 5) is 24.2. The predicted molar refractivity (Wildman–Crippen MR) is 79.4 cm³/mol. The van der Waals surface area contributed by atoms with Gasteiger partial charge >= 0.3 is 5.97 Å². The first kappa shape index (κ1) is 14.3. The van der Waals surface area contributed by atoms with Crippen LogP contribution in [0.2, 0.25) is 0 Å². The Kier molecular flexibility index (Phi) is 4.53. The van der Waals surface area contributed by atoms with E-state index in [1.54, 1.807) is 29.5 Å². The van der Waals surface area contributed by atoms with Gasteiger partial charge in [-0.2, -0.15) is 0 Å². The first-order valence-corrected chi connectivity index (χ1v) is 7.10. The van der Waals surface area contributed by atoms with Gasteiger partial charge in [-0.3, -0.25) is 4.79 Å². The lowest BCUT2D eigenvalue weighted by atomic mass is 10.1. The second kappa shape index (κ2) is 6.34. The number of aryl methyl sites for hydroxylation is 2. The molecular formula is C15H15NO3S. The van der Waals surface area contributed by atoms with Gasteiger partial charge in [0.05, 0.1) is 11.3 Å². The Morgan fingerprint density at radius 1 is 1.30 bits per heavy atom. The zero-order chi connectivity index (χ0) is 14.5. The van der Waals surface area contributed by atoms with Crippen molar-refractivity contribution in [2.24, 2.45) is 0 Å². The molecule has 0 atom stereocenters. The number of nitrogens with one attached hydrogen (secondary N) is 1. The zero-order valence-electron chi connectivity index (χ0n) is 11.1. The van der Waals surface area contributed by atoms with Gasteiger partial charge in [-0.1, -0.05) is 17.7 Å². The van der Waals surface area contributed by atoms with Crippen LogP contribution >= 0.6 is 11.3 Å². The van der Waals surface area contributed by atoms with Gasteiger partial charge in [0.1, 0.15) is 0 Å². The molecule has 104 valence electrons. The van der Waals surface area contributed by atoms with E-state index in [9.17, 15) is 9.59 Å². The summed E-state index contributed by atoms with van der Waals surface area (Å²) in [6.07, 6.45) is 1.01. The molecule has 0 fully saturated rings.